The Bertz CT molecular complexity index is 504. The maximum Gasteiger partial charge on any atom is 0.233 e. The summed E-state index contributed by atoms with van der Waals surface area (Å²) in [6, 6.07) is 8.30. The lowest BCUT2D eigenvalue weighted by molar-refractivity contribution is -0.309. The molecule has 5 nitrogen and oxygen atoms in total. The van der Waals surface area contributed by atoms with Crippen LogP contribution in [-0.2, 0) is 9.59 Å². The average Bonchev–Trinajstić information content (AvgIpc) is 2.57. The summed E-state index contributed by atoms with van der Waals surface area (Å²) in [5.74, 6) is -4.44. The molecule has 16 heavy (non-hydrogen) atoms. The largest absolute Gasteiger partial charge is 0.549 e. The van der Waals surface area contributed by atoms with Gasteiger partial charge in [0.05, 0.1) is 18.0 Å². The molecule has 1 amide bonds. The molecule has 1 aliphatic heterocycles. The molecule has 80 valence electrons. The first-order chi connectivity index (χ1) is 7.65. The number of nitriles is 1. The van der Waals surface area contributed by atoms with Gasteiger partial charge in [0.25, 0.3) is 0 Å². The molecular weight excluding hydrogens is 208 g/mol. The van der Waals surface area contributed by atoms with Gasteiger partial charge >= 0.3 is 0 Å². The van der Waals surface area contributed by atoms with E-state index in [2.05, 4.69) is 5.32 Å². The van der Waals surface area contributed by atoms with Crippen molar-refractivity contribution in [2.45, 2.75) is 5.92 Å². The van der Waals surface area contributed by atoms with Gasteiger partial charge in [0.2, 0.25) is 5.91 Å². The van der Waals surface area contributed by atoms with Crippen LogP contribution in [0.2, 0.25) is 0 Å². The van der Waals surface area contributed by atoms with Crippen LogP contribution in [0.1, 0.15) is 11.5 Å². The fraction of sp³-hybridized carbons (Fsp3) is 0.182. The molecule has 5 heteroatoms. The van der Waals surface area contributed by atoms with Crippen LogP contribution in [0.5, 0.6) is 0 Å². The number of nitrogens with one attached hydrogen (secondary N) is 1. The van der Waals surface area contributed by atoms with Gasteiger partial charge in [0.15, 0.2) is 0 Å². The topological polar surface area (TPSA) is 93.0 Å². The van der Waals surface area contributed by atoms with Crippen molar-refractivity contribution in [3.05, 3.63) is 29.8 Å². The number of anilines is 1. The summed E-state index contributed by atoms with van der Waals surface area (Å²) in [6.45, 7) is 0. The molecule has 2 rings (SSSR count). The fourth-order valence-electron chi connectivity index (χ4n) is 1.83. The number of carbonyl (C=O) groups excluding carboxylic acids is 2. The smallest absolute Gasteiger partial charge is 0.233 e. The van der Waals surface area contributed by atoms with Crippen LogP contribution in [-0.4, -0.2) is 11.9 Å². The molecule has 1 N–H and O–H groups in total. The van der Waals surface area contributed by atoms with E-state index in [0.717, 1.165) is 0 Å². The number of aliphatic carboxylic acids is 1. The number of amides is 1. The average molecular weight is 215 g/mol. The van der Waals surface area contributed by atoms with Crippen LogP contribution in [0.15, 0.2) is 24.3 Å². The number of para-hydroxylation sites is 1. The highest BCUT2D eigenvalue weighted by molar-refractivity contribution is 6.05. The minimum Gasteiger partial charge on any atom is -0.549 e. The Kier molecular flexibility index (Phi) is 2.33. The Balaban J connectivity index is 2.47. The summed E-state index contributed by atoms with van der Waals surface area (Å²) in [5.41, 5.74) is 1.09. The molecule has 0 bridgehead atoms. The Morgan fingerprint density at radius 2 is 2.19 bits per heavy atom. The number of rotatable bonds is 2. The second-order valence-electron chi connectivity index (χ2n) is 3.48. The summed E-state index contributed by atoms with van der Waals surface area (Å²) in [6.07, 6.45) is 0. The molecule has 1 heterocycles. The normalized spacial score (nSPS) is 19.4. The first-order valence-electron chi connectivity index (χ1n) is 4.65. The highest BCUT2D eigenvalue weighted by Crippen LogP contribution is 2.36. The van der Waals surface area contributed by atoms with Crippen molar-refractivity contribution in [1.82, 2.24) is 0 Å². The minimum atomic E-state index is -1.53. The molecule has 0 radical (unpaired) electrons. The van der Waals surface area contributed by atoms with Crippen molar-refractivity contribution in [2.24, 2.45) is 5.92 Å². The third kappa shape index (κ3) is 1.41. The van der Waals surface area contributed by atoms with E-state index in [-0.39, 0.29) is 0 Å². The van der Waals surface area contributed by atoms with E-state index in [0.29, 0.717) is 11.3 Å². The number of carbonyl (C=O) groups is 2. The molecule has 0 saturated carbocycles. The molecule has 1 aromatic rings. The van der Waals surface area contributed by atoms with Crippen LogP contribution in [0.3, 0.4) is 0 Å². The zero-order valence-corrected chi connectivity index (χ0v) is 8.14. The van der Waals surface area contributed by atoms with Gasteiger partial charge in [-0.2, -0.15) is 5.26 Å². The second-order valence-corrected chi connectivity index (χ2v) is 3.48. The van der Waals surface area contributed by atoms with E-state index in [1.54, 1.807) is 30.3 Å². The van der Waals surface area contributed by atoms with Crippen LogP contribution in [0, 0.1) is 17.2 Å². The molecule has 1 aliphatic rings. The van der Waals surface area contributed by atoms with Crippen molar-refractivity contribution >= 4 is 17.6 Å². The number of hydrogen-bond acceptors (Lipinski definition) is 4. The quantitative estimate of drug-likeness (QED) is 0.727. The van der Waals surface area contributed by atoms with E-state index in [9.17, 15) is 14.7 Å². The fourth-order valence-corrected chi connectivity index (χ4v) is 1.83. The standard InChI is InChI=1S/C11H8N2O3/c12-5-7(11(15)16)9-6-3-1-2-4-8(6)13-10(9)14/h1-4,7,9H,(H,13,14)(H,15,16)/p-1/t7-,9-/m1/s1. The molecule has 1 aromatic carbocycles. The van der Waals surface area contributed by atoms with E-state index in [4.69, 9.17) is 5.26 Å². The van der Waals surface area contributed by atoms with Gasteiger partial charge in [0, 0.05) is 5.69 Å². The zero-order valence-electron chi connectivity index (χ0n) is 8.14. The number of benzene rings is 1. The van der Waals surface area contributed by atoms with Crippen molar-refractivity contribution in [1.29, 1.82) is 5.26 Å². The van der Waals surface area contributed by atoms with Gasteiger partial charge in [0.1, 0.15) is 5.92 Å². The van der Waals surface area contributed by atoms with E-state index < -0.39 is 23.7 Å². The van der Waals surface area contributed by atoms with Gasteiger partial charge in [-0.3, -0.25) is 4.79 Å². The third-order valence-corrected chi connectivity index (χ3v) is 2.56. The highest BCUT2D eigenvalue weighted by Gasteiger charge is 2.37. The van der Waals surface area contributed by atoms with Gasteiger partial charge in [-0.15, -0.1) is 0 Å². The van der Waals surface area contributed by atoms with Crippen LogP contribution in [0.4, 0.5) is 5.69 Å². The molecule has 0 aromatic heterocycles. The molecule has 0 aliphatic carbocycles. The number of carboxylic acids is 1. The van der Waals surface area contributed by atoms with Crippen LogP contribution >= 0.6 is 0 Å². The van der Waals surface area contributed by atoms with E-state index >= 15 is 0 Å². The molecule has 0 unspecified atom stereocenters. The maximum absolute atomic E-state index is 11.6. The Morgan fingerprint density at radius 1 is 1.50 bits per heavy atom. The molecule has 0 fully saturated rings. The predicted octanol–water partition coefficient (Wildman–Crippen LogP) is -0.388. The maximum atomic E-state index is 11.6. The first kappa shape index (κ1) is 10.2. The lowest BCUT2D eigenvalue weighted by Gasteiger charge is -2.15. The summed E-state index contributed by atoms with van der Waals surface area (Å²) in [4.78, 5) is 22.3. The van der Waals surface area contributed by atoms with Crippen molar-refractivity contribution in [2.75, 3.05) is 5.32 Å². The first-order valence-corrected chi connectivity index (χ1v) is 4.65. The van der Waals surface area contributed by atoms with Gasteiger partial charge in [-0.05, 0) is 11.6 Å². The predicted molar refractivity (Wildman–Crippen MR) is 51.9 cm³/mol. The number of fused-ring (bicyclic) bond motifs is 1. The minimum absolute atomic E-state index is 0.475. The van der Waals surface area contributed by atoms with Gasteiger partial charge < -0.3 is 15.2 Å². The summed E-state index contributed by atoms with van der Waals surface area (Å²) in [5, 5.41) is 22.0. The van der Waals surface area contributed by atoms with Crippen LogP contribution < -0.4 is 10.4 Å². The van der Waals surface area contributed by atoms with Crippen molar-refractivity contribution in [3.8, 4) is 6.07 Å². The lowest BCUT2D eigenvalue weighted by Crippen LogP contribution is -2.36. The lowest BCUT2D eigenvalue weighted by atomic mass is 9.88. The van der Waals surface area contributed by atoms with Crippen molar-refractivity contribution < 1.29 is 14.7 Å². The monoisotopic (exact) mass is 215 g/mol. The van der Waals surface area contributed by atoms with Crippen molar-refractivity contribution in [3.63, 3.8) is 0 Å². The van der Waals surface area contributed by atoms with Gasteiger partial charge in [-0.25, -0.2) is 0 Å². The van der Waals surface area contributed by atoms with Gasteiger partial charge in [-0.1, -0.05) is 18.2 Å². The Labute approximate surface area is 91.3 Å². The Morgan fingerprint density at radius 3 is 2.81 bits per heavy atom. The summed E-state index contributed by atoms with van der Waals surface area (Å²) in [7, 11) is 0. The molecule has 0 saturated heterocycles. The molecular formula is C11H7N2O3-. The molecule has 0 spiro atoms. The second kappa shape index (κ2) is 3.66. The summed E-state index contributed by atoms with van der Waals surface area (Å²) < 4.78 is 0. The summed E-state index contributed by atoms with van der Waals surface area (Å²) >= 11 is 0. The number of nitrogens with zero attached hydrogens (tertiary/aromatic N) is 1. The molecule has 2 atom stereocenters. The number of carboxylic acid groups (broad SMARTS) is 1. The third-order valence-electron chi connectivity index (χ3n) is 2.56. The Hall–Kier alpha value is -2.35. The van der Waals surface area contributed by atoms with E-state index in [1.165, 1.54) is 0 Å². The number of hydrogen-bond donors (Lipinski definition) is 1. The van der Waals surface area contributed by atoms with E-state index in [1.807, 2.05) is 0 Å². The SMILES string of the molecule is N#C[C@@H](C(=O)[O-])[C@@H]1C(=O)Nc2ccccc21. The zero-order chi connectivity index (χ0) is 11.7. The highest BCUT2D eigenvalue weighted by atomic mass is 16.4. The van der Waals surface area contributed by atoms with Crippen LogP contribution in [0.25, 0.3) is 0 Å².